The highest BCUT2D eigenvalue weighted by molar-refractivity contribution is 7.89. The highest BCUT2D eigenvalue weighted by Gasteiger charge is 2.21. The van der Waals surface area contributed by atoms with Gasteiger partial charge < -0.3 is 15.0 Å². The minimum Gasteiger partial charge on any atom is -0.480 e. The lowest BCUT2D eigenvalue weighted by Crippen LogP contribution is -2.40. The van der Waals surface area contributed by atoms with Crippen LogP contribution in [0.4, 0.5) is 0 Å². The van der Waals surface area contributed by atoms with Gasteiger partial charge in [-0.2, -0.15) is 0 Å². The standard InChI is InChI=1S/C20H30N4O5S/c1-5-6-7-8-15(20(26)27)22-19(25)12-11-18-21-16-13-14(30(28,29)23(2)3)9-10-17(16)24(18)4/h9-10,13,15H,5-8,11-12H2,1-4H3,(H,22,25)(H,26,27)/t15-/m1/s1. The number of amides is 1. The molecular formula is C20H30N4O5S. The van der Waals surface area contributed by atoms with Crippen LogP contribution >= 0.6 is 0 Å². The van der Waals surface area contributed by atoms with E-state index in [1.54, 1.807) is 13.1 Å². The van der Waals surface area contributed by atoms with Gasteiger partial charge in [0.15, 0.2) is 0 Å². The van der Waals surface area contributed by atoms with Crippen LogP contribution in [0.1, 0.15) is 44.9 Å². The van der Waals surface area contributed by atoms with Gasteiger partial charge in [-0.15, -0.1) is 0 Å². The highest BCUT2D eigenvalue weighted by atomic mass is 32.2. The Labute approximate surface area is 177 Å². The summed E-state index contributed by atoms with van der Waals surface area (Å²) < 4.78 is 27.6. The van der Waals surface area contributed by atoms with Gasteiger partial charge in [0.05, 0.1) is 15.9 Å². The first-order valence-corrected chi connectivity index (χ1v) is 11.4. The second-order valence-electron chi connectivity index (χ2n) is 7.48. The van der Waals surface area contributed by atoms with Crippen molar-refractivity contribution in [3.05, 3.63) is 24.0 Å². The summed E-state index contributed by atoms with van der Waals surface area (Å²) in [7, 11) is 1.17. The van der Waals surface area contributed by atoms with Crippen molar-refractivity contribution in [3.8, 4) is 0 Å². The molecule has 30 heavy (non-hydrogen) atoms. The predicted octanol–water partition coefficient (Wildman–Crippen LogP) is 1.91. The van der Waals surface area contributed by atoms with Gasteiger partial charge in [-0.05, 0) is 24.6 Å². The molecule has 10 heteroatoms. The molecule has 166 valence electrons. The molecule has 1 atom stereocenters. The lowest BCUT2D eigenvalue weighted by molar-refractivity contribution is -0.142. The fraction of sp³-hybridized carbons (Fsp3) is 0.550. The average Bonchev–Trinajstić information content (AvgIpc) is 3.00. The maximum atomic E-state index is 12.3. The maximum Gasteiger partial charge on any atom is 0.326 e. The first-order chi connectivity index (χ1) is 14.1. The average molecular weight is 439 g/mol. The normalized spacial score (nSPS) is 13.0. The van der Waals surface area contributed by atoms with E-state index in [1.807, 2.05) is 11.5 Å². The molecule has 1 heterocycles. The Morgan fingerprint density at radius 1 is 1.27 bits per heavy atom. The molecule has 2 rings (SSSR count). The maximum absolute atomic E-state index is 12.3. The molecule has 1 amide bonds. The van der Waals surface area contributed by atoms with Gasteiger partial charge in [-0.3, -0.25) is 4.79 Å². The van der Waals surface area contributed by atoms with Gasteiger partial charge >= 0.3 is 5.97 Å². The quantitative estimate of drug-likeness (QED) is 0.517. The first kappa shape index (κ1) is 23.8. The summed E-state index contributed by atoms with van der Waals surface area (Å²) in [4.78, 5) is 28.2. The summed E-state index contributed by atoms with van der Waals surface area (Å²) in [6.07, 6.45) is 3.46. The van der Waals surface area contributed by atoms with E-state index in [1.165, 1.54) is 26.2 Å². The summed E-state index contributed by atoms with van der Waals surface area (Å²) in [5.74, 6) is -0.754. The van der Waals surface area contributed by atoms with Crippen LogP contribution in [0.25, 0.3) is 11.0 Å². The largest absolute Gasteiger partial charge is 0.480 e. The molecule has 1 aromatic heterocycles. The number of aryl methyl sites for hydroxylation is 2. The number of nitrogens with zero attached hydrogens (tertiary/aromatic N) is 3. The molecule has 0 saturated heterocycles. The lowest BCUT2D eigenvalue weighted by Gasteiger charge is -2.14. The fourth-order valence-electron chi connectivity index (χ4n) is 3.17. The molecule has 0 unspecified atom stereocenters. The number of hydrogen-bond donors (Lipinski definition) is 2. The monoisotopic (exact) mass is 438 g/mol. The molecule has 0 aliphatic rings. The zero-order chi connectivity index (χ0) is 22.5. The minimum atomic E-state index is -3.56. The van der Waals surface area contributed by atoms with Crippen LogP contribution in [-0.4, -0.2) is 59.4 Å². The van der Waals surface area contributed by atoms with Crippen molar-refractivity contribution in [1.29, 1.82) is 0 Å². The number of imidazole rings is 1. The number of benzene rings is 1. The zero-order valence-corrected chi connectivity index (χ0v) is 18.7. The second kappa shape index (κ2) is 10.0. The number of rotatable bonds is 11. The molecule has 0 fully saturated rings. The Balaban J connectivity index is 2.09. The van der Waals surface area contributed by atoms with Gasteiger partial charge in [0.2, 0.25) is 15.9 Å². The van der Waals surface area contributed by atoms with E-state index in [0.717, 1.165) is 29.1 Å². The number of fused-ring (bicyclic) bond motifs is 1. The van der Waals surface area contributed by atoms with Gasteiger partial charge in [-0.25, -0.2) is 22.5 Å². The number of sulfonamides is 1. The molecule has 9 nitrogen and oxygen atoms in total. The Morgan fingerprint density at radius 2 is 1.97 bits per heavy atom. The third kappa shape index (κ3) is 5.57. The van der Waals surface area contributed by atoms with E-state index in [2.05, 4.69) is 10.3 Å². The summed E-state index contributed by atoms with van der Waals surface area (Å²) in [6.45, 7) is 2.03. The van der Waals surface area contributed by atoms with Crippen LogP contribution in [-0.2, 0) is 33.1 Å². The van der Waals surface area contributed by atoms with E-state index < -0.39 is 22.0 Å². The van der Waals surface area contributed by atoms with Crippen LogP contribution in [0.5, 0.6) is 0 Å². The second-order valence-corrected chi connectivity index (χ2v) is 9.63. The lowest BCUT2D eigenvalue weighted by atomic mass is 10.1. The van der Waals surface area contributed by atoms with Crippen molar-refractivity contribution in [3.63, 3.8) is 0 Å². The molecule has 0 aliphatic carbocycles. The molecule has 0 saturated carbocycles. The van der Waals surface area contributed by atoms with Crippen LogP contribution in [0, 0.1) is 0 Å². The summed E-state index contributed by atoms with van der Waals surface area (Å²) >= 11 is 0. The number of nitrogens with one attached hydrogen (secondary N) is 1. The Kier molecular flexibility index (Phi) is 7.96. The predicted molar refractivity (Wildman–Crippen MR) is 114 cm³/mol. The highest BCUT2D eigenvalue weighted by Crippen LogP contribution is 2.22. The summed E-state index contributed by atoms with van der Waals surface area (Å²) in [6, 6.07) is 3.85. The molecule has 0 spiro atoms. The molecule has 0 radical (unpaired) electrons. The third-order valence-corrected chi connectivity index (χ3v) is 6.84. The van der Waals surface area contributed by atoms with Gasteiger partial charge in [0, 0.05) is 34.0 Å². The molecule has 0 bridgehead atoms. The van der Waals surface area contributed by atoms with Crippen molar-refractivity contribution >= 4 is 32.9 Å². The zero-order valence-electron chi connectivity index (χ0n) is 17.9. The molecule has 2 aromatic rings. The number of aliphatic carboxylic acids is 1. The van der Waals surface area contributed by atoms with Crippen molar-refractivity contribution in [1.82, 2.24) is 19.2 Å². The van der Waals surface area contributed by atoms with E-state index in [0.29, 0.717) is 24.2 Å². The molecule has 2 N–H and O–H groups in total. The molecular weight excluding hydrogens is 408 g/mol. The van der Waals surface area contributed by atoms with E-state index in [9.17, 15) is 23.1 Å². The van der Waals surface area contributed by atoms with Crippen molar-refractivity contribution in [2.24, 2.45) is 7.05 Å². The first-order valence-electron chi connectivity index (χ1n) is 9.98. The van der Waals surface area contributed by atoms with E-state index in [4.69, 9.17) is 0 Å². The minimum absolute atomic E-state index is 0.0948. The van der Waals surface area contributed by atoms with Crippen molar-refractivity contribution in [2.75, 3.05) is 14.1 Å². The summed E-state index contributed by atoms with van der Waals surface area (Å²) in [5, 5.41) is 11.9. The SMILES string of the molecule is CCCCC[C@@H](NC(=O)CCc1nc2cc(S(=O)(=O)N(C)C)ccc2n1C)C(=O)O. The number of unbranched alkanes of at least 4 members (excludes halogenated alkanes) is 2. The fourth-order valence-corrected chi connectivity index (χ4v) is 4.09. The van der Waals surface area contributed by atoms with E-state index >= 15 is 0 Å². The van der Waals surface area contributed by atoms with Gasteiger partial charge in [0.25, 0.3) is 0 Å². The molecule has 1 aromatic carbocycles. The Bertz CT molecular complexity index is 1010. The third-order valence-electron chi connectivity index (χ3n) is 5.03. The summed E-state index contributed by atoms with van der Waals surface area (Å²) in [5.41, 5.74) is 1.28. The smallest absolute Gasteiger partial charge is 0.326 e. The number of carbonyl (C=O) groups is 2. The van der Waals surface area contributed by atoms with E-state index in [-0.39, 0.29) is 17.2 Å². The topological polar surface area (TPSA) is 122 Å². The van der Waals surface area contributed by atoms with Crippen molar-refractivity contribution in [2.45, 2.75) is 56.4 Å². The number of carboxylic acids is 1. The van der Waals surface area contributed by atoms with Crippen LogP contribution in [0.3, 0.4) is 0 Å². The van der Waals surface area contributed by atoms with Crippen LogP contribution in [0.15, 0.2) is 23.1 Å². The van der Waals surface area contributed by atoms with Crippen LogP contribution < -0.4 is 5.32 Å². The number of hydrogen-bond acceptors (Lipinski definition) is 5. The number of carboxylic acid groups (broad SMARTS) is 1. The van der Waals surface area contributed by atoms with Crippen molar-refractivity contribution < 1.29 is 23.1 Å². The Morgan fingerprint density at radius 3 is 2.57 bits per heavy atom. The number of aromatic nitrogens is 2. The van der Waals surface area contributed by atoms with Gasteiger partial charge in [-0.1, -0.05) is 26.2 Å². The molecule has 0 aliphatic heterocycles. The van der Waals surface area contributed by atoms with Crippen LogP contribution in [0.2, 0.25) is 0 Å². The van der Waals surface area contributed by atoms with Gasteiger partial charge in [0.1, 0.15) is 11.9 Å². The Hall–Kier alpha value is -2.46. The number of carbonyl (C=O) groups excluding carboxylic acids is 1.